The fourth-order valence-corrected chi connectivity index (χ4v) is 2.30. The predicted molar refractivity (Wildman–Crippen MR) is 72.4 cm³/mol. The smallest absolute Gasteiger partial charge is 0.174 e. The van der Waals surface area contributed by atoms with Crippen molar-refractivity contribution >= 4 is 11.3 Å². The molecule has 4 heteroatoms. The number of nitrogens with zero attached hydrogens (tertiary/aromatic N) is 1. The molecular formula is C14H14N2OS. The number of hydrogen-bond donors (Lipinski definition) is 1. The van der Waals surface area contributed by atoms with E-state index in [1.807, 2.05) is 30.3 Å². The van der Waals surface area contributed by atoms with E-state index in [0.717, 1.165) is 24.4 Å². The van der Waals surface area contributed by atoms with Crippen molar-refractivity contribution in [1.82, 2.24) is 5.32 Å². The highest BCUT2D eigenvalue weighted by Crippen LogP contribution is 2.17. The fraction of sp³-hybridized carbons (Fsp3) is 0.214. The summed E-state index contributed by atoms with van der Waals surface area (Å²) in [6.45, 7) is 1.66. The van der Waals surface area contributed by atoms with Gasteiger partial charge < -0.3 is 10.1 Å². The van der Waals surface area contributed by atoms with Gasteiger partial charge in [0.1, 0.15) is 11.8 Å². The summed E-state index contributed by atoms with van der Waals surface area (Å²) in [7, 11) is 0. The van der Waals surface area contributed by atoms with Crippen LogP contribution < -0.4 is 10.1 Å². The first-order valence-corrected chi connectivity index (χ1v) is 6.64. The van der Waals surface area contributed by atoms with Gasteiger partial charge in [0.25, 0.3) is 0 Å². The molecule has 92 valence electrons. The van der Waals surface area contributed by atoms with Gasteiger partial charge in [0.2, 0.25) is 0 Å². The van der Waals surface area contributed by atoms with Crippen molar-refractivity contribution in [3.63, 3.8) is 0 Å². The van der Waals surface area contributed by atoms with Gasteiger partial charge in [-0.3, -0.25) is 0 Å². The second-order valence-corrected chi connectivity index (χ2v) is 4.57. The molecule has 0 amide bonds. The topological polar surface area (TPSA) is 45.0 Å². The molecule has 0 bridgehead atoms. The van der Waals surface area contributed by atoms with Crippen molar-refractivity contribution in [1.29, 1.82) is 5.26 Å². The quantitative estimate of drug-likeness (QED) is 0.866. The minimum Gasteiger partial charge on any atom is -0.478 e. The lowest BCUT2D eigenvalue weighted by molar-refractivity contribution is 0.362. The van der Waals surface area contributed by atoms with Crippen LogP contribution in [0.4, 0.5) is 0 Å². The van der Waals surface area contributed by atoms with E-state index in [1.165, 1.54) is 5.56 Å². The van der Waals surface area contributed by atoms with Crippen molar-refractivity contribution in [2.45, 2.75) is 13.1 Å². The van der Waals surface area contributed by atoms with Crippen LogP contribution in [0.3, 0.4) is 0 Å². The Labute approximate surface area is 111 Å². The molecule has 1 heterocycles. The average molecular weight is 258 g/mol. The fourth-order valence-electron chi connectivity index (χ4n) is 1.64. The zero-order valence-corrected chi connectivity index (χ0v) is 10.7. The normalized spacial score (nSPS) is 9.94. The summed E-state index contributed by atoms with van der Waals surface area (Å²) in [5, 5.41) is 16.1. The third kappa shape index (κ3) is 3.59. The maximum Gasteiger partial charge on any atom is 0.174 e. The van der Waals surface area contributed by atoms with Crippen molar-refractivity contribution < 1.29 is 4.74 Å². The molecule has 0 fully saturated rings. The summed E-state index contributed by atoms with van der Waals surface area (Å²) in [5.41, 5.74) is 2.36. The Hall–Kier alpha value is -1.83. The number of benzene rings is 1. The molecule has 0 saturated carbocycles. The average Bonchev–Trinajstić information content (AvgIpc) is 2.91. The summed E-state index contributed by atoms with van der Waals surface area (Å²) in [5.74, 6) is 0.775. The SMILES string of the molecule is N#CCOc1ccccc1CNCc1ccsc1. The number of nitriles is 1. The maximum absolute atomic E-state index is 8.53. The maximum atomic E-state index is 8.53. The van der Waals surface area contributed by atoms with Crippen LogP contribution >= 0.6 is 11.3 Å². The van der Waals surface area contributed by atoms with Gasteiger partial charge in [-0.25, -0.2) is 0 Å². The van der Waals surface area contributed by atoms with Crippen LogP contribution in [0.5, 0.6) is 5.75 Å². The molecule has 0 unspecified atom stereocenters. The zero-order chi connectivity index (χ0) is 12.6. The van der Waals surface area contributed by atoms with E-state index in [-0.39, 0.29) is 6.61 Å². The largest absolute Gasteiger partial charge is 0.478 e. The van der Waals surface area contributed by atoms with E-state index in [1.54, 1.807) is 11.3 Å². The lowest BCUT2D eigenvalue weighted by Crippen LogP contribution is -2.13. The molecule has 0 spiro atoms. The lowest BCUT2D eigenvalue weighted by atomic mass is 10.2. The molecular weight excluding hydrogens is 244 g/mol. The van der Waals surface area contributed by atoms with Crippen LogP contribution in [-0.2, 0) is 13.1 Å². The van der Waals surface area contributed by atoms with Gasteiger partial charge in [-0.05, 0) is 28.5 Å². The molecule has 0 radical (unpaired) electrons. The van der Waals surface area contributed by atoms with E-state index in [4.69, 9.17) is 10.00 Å². The number of rotatable bonds is 6. The first-order chi connectivity index (χ1) is 8.90. The van der Waals surface area contributed by atoms with Crippen molar-refractivity contribution in [2.75, 3.05) is 6.61 Å². The van der Waals surface area contributed by atoms with Crippen LogP contribution in [-0.4, -0.2) is 6.61 Å². The third-order valence-corrected chi connectivity index (χ3v) is 3.22. The van der Waals surface area contributed by atoms with Gasteiger partial charge >= 0.3 is 0 Å². The Morgan fingerprint density at radius 3 is 2.89 bits per heavy atom. The summed E-state index contributed by atoms with van der Waals surface area (Å²) >= 11 is 1.70. The molecule has 0 aliphatic carbocycles. The van der Waals surface area contributed by atoms with Crippen molar-refractivity contribution in [2.24, 2.45) is 0 Å². The number of hydrogen-bond acceptors (Lipinski definition) is 4. The Morgan fingerprint density at radius 1 is 1.22 bits per heavy atom. The van der Waals surface area contributed by atoms with Crippen LogP contribution in [0, 0.1) is 11.3 Å². The monoisotopic (exact) mass is 258 g/mol. The molecule has 18 heavy (non-hydrogen) atoms. The molecule has 1 N–H and O–H groups in total. The Morgan fingerprint density at radius 2 is 2.11 bits per heavy atom. The molecule has 0 atom stereocenters. The van der Waals surface area contributed by atoms with E-state index >= 15 is 0 Å². The first kappa shape index (κ1) is 12.6. The number of para-hydroxylation sites is 1. The van der Waals surface area contributed by atoms with Gasteiger partial charge in [-0.1, -0.05) is 18.2 Å². The Balaban J connectivity index is 1.90. The molecule has 2 rings (SSSR count). The lowest BCUT2D eigenvalue weighted by Gasteiger charge is -2.09. The van der Waals surface area contributed by atoms with E-state index in [0.29, 0.717) is 0 Å². The van der Waals surface area contributed by atoms with E-state index in [2.05, 4.69) is 22.1 Å². The van der Waals surface area contributed by atoms with E-state index in [9.17, 15) is 0 Å². The van der Waals surface area contributed by atoms with Crippen molar-refractivity contribution in [3.05, 3.63) is 52.2 Å². The minimum absolute atomic E-state index is 0.0849. The van der Waals surface area contributed by atoms with Crippen LogP contribution in [0.15, 0.2) is 41.1 Å². The highest BCUT2D eigenvalue weighted by atomic mass is 32.1. The molecule has 1 aromatic heterocycles. The van der Waals surface area contributed by atoms with Crippen LogP contribution in [0.2, 0.25) is 0 Å². The Bertz CT molecular complexity index is 517. The summed E-state index contributed by atoms with van der Waals surface area (Å²) in [6, 6.07) is 11.9. The van der Waals surface area contributed by atoms with Gasteiger partial charge in [0.15, 0.2) is 6.61 Å². The first-order valence-electron chi connectivity index (χ1n) is 5.69. The number of ether oxygens (including phenoxy) is 1. The molecule has 1 aromatic carbocycles. The van der Waals surface area contributed by atoms with Gasteiger partial charge in [-0.2, -0.15) is 16.6 Å². The van der Waals surface area contributed by atoms with E-state index < -0.39 is 0 Å². The van der Waals surface area contributed by atoms with Gasteiger partial charge in [0, 0.05) is 18.7 Å². The van der Waals surface area contributed by atoms with Crippen molar-refractivity contribution in [3.8, 4) is 11.8 Å². The second kappa shape index (κ2) is 6.80. The predicted octanol–water partition coefficient (Wildman–Crippen LogP) is 2.94. The standard InChI is InChI=1S/C14H14N2OS/c15-6-7-17-14-4-2-1-3-13(14)10-16-9-12-5-8-18-11-12/h1-5,8,11,16H,7,9-10H2. The molecule has 0 saturated heterocycles. The highest BCUT2D eigenvalue weighted by molar-refractivity contribution is 7.07. The van der Waals surface area contributed by atoms with Crippen LogP contribution in [0.25, 0.3) is 0 Å². The molecule has 2 aromatic rings. The van der Waals surface area contributed by atoms with Gasteiger partial charge in [-0.15, -0.1) is 0 Å². The summed E-state index contributed by atoms with van der Waals surface area (Å²) in [6.07, 6.45) is 0. The van der Waals surface area contributed by atoms with Crippen LogP contribution in [0.1, 0.15) is 11.1 Å². The molecule has 0 aliphatic rings. The summed E-state index contributed by atoms with van der Waals surface area (Å²) < 4.78 is 5.38. The number of nitrogens with one attached hydrogen (secondary N) is 1. The third-order valence-electron chi connectivity index (χ3n) is 2.49. The Kier molecular flexibility index (Phi) is 4.77. The highest BCUT2D eigenvalue weighted by Gasteiger charge is 2.02. The molecule has 0 aliphatic heterocycles. The summed E-state index contributed by atoms with van der Waals surface area (Å²) in [4.78, 5) is 0. The number of thiophene rings is 1. The second-order valence-electron chi connectivity index (χ2n) is 3.79. The van der Waals surface area contributed by atoms with Gasteiger partial charge in [0.05, 0.1) is 0 Å². The minimum atomic E-state index is 0.0849. The molecule has 3 nitrogen and oxygen atoms in total. The zero-order valence-electron chi connectivity index (χ0n) is 9.93.